The van der Waals surface area contributed by atoms with Crippen molar-refractivity contribution < 1.29 is 4.79 Å². The highest BCUT2D eigenvalue weighted by atomic mass is 16.2. The number of H-pyrrole nitrogens is 1. The SMILES string of the molecule is O=C(c1cn[nH]c1C1CCNCC1)N1CC[C@H](c2ccccc2)C1. The lowest BCUT2D eigenvalue weighted by Crippen LogP contribution is -2.31. The van der Waals surface area contributed by atoms with Gasteiger partial charge in [-0.1, -0.05) is 30.3 Å². The van der Waals surface area contributed by atoms with Crippen LogP contribution in [0.15, 0.2) is 36.5 Å². The third-order valence-electron chi connectivity index (χ3n) is 5.39. The highest BCUT2D eigenvalue weighted by Gasteiger charge is 2.31. The molecule has 2 saturated heterocycles. The molecular formula is C19H24N4O. The molecule has 1 amide bonds. The van der Waals surface area contributed by atoms with Crippen LogP contribution in [0.5, 0.6) is 0 Å². The predicted molar refractivity (Wildman–Crippen MR) is 93.1 cm³/mol. The summed E-state index contributed by atoms with van der Waals surface area (Å²) in [4.78, 5) is 15.0. The van der Waals surface area contributed by atoms with E-state index in [9.17, 15) is 4.79 Å². The number of nitrogens with zero attached hydrogens (tertiary/aromatic N) is 2. The van der Waals surface area contributed by atoms with Crippen LogP contribution in [0.4, 0.5) is 0 Å². The first-order valence-electron chi connectivity index (χ1n) is 8.91. The maximum absolute atomic E-state index is 13.0. The number of aromatic nitrogens is 2. The number of nitrogens with one attached hydrogen (secondary N) is 2. The molecule has 24 heavy (non-hydrogen) atoms. The zero-order chi connectivity index (χ0) is 16.4. The Hall–Kier alpha value is -2.14. The number of aromatic amines is 1. The van der Waals surface area contributed by atoms with Gasteiger partial charge in [-0.3, -0.25) is 9.89 Å². The monoisotopic (exact) mass is 324 g/mol. The molecule has 2 N–H and O–H groups in total. The van der Waals surface area contributed by atoms with Crippen LogP contribution in [0.2, 0.25) is 0 Å². The van der Waals surface area contributed by atoms with E-state index < -0.39 is 0 Å². The molecule has 5 nitrogen and oxygen atoms in total. The molecule has 0 spiro atoms. The number of carbonyl (C=O) groups is 1. The fourth-order valence-electron chi connectivity index (χ4n) is 4.00. The Bertz CT molecular complexity index is 690. The Morgan fingerprint density at radius 2 is 1.88 bits per heavy atom. The van der Waals surface area contributed by atoms with E-state index in [1.807, 2.05) is 11.0 Å². The molecule has 0 saturated carbocycles. The van der Waals surface area contributed by atoms with E-state index in [1.165, 1.54) is 5.56 Å². The number of rotatable bonds is 3. The van der Waals surface area contributed by atoms with Gasteiger partial charge >= 0.3 is 0 Å². The van der Waals surface area contributed by atoms with Crippen LogP contribution in [0.25, 0.3) is 0 Å². The van der Waals surface area contributed by atoms with Gasteiger partial charge in [-0.15, -0.1) is 0 Å². The Balaban J connectivity index is 1.48. The van der Waals surface area contributed by atoms with Gasteiger partial charge in [-0.05, 0) is 37.9 Å². The van der Waals surface area contributed by atoms with E-state index in [0.717, 1.165) is 56.7 Å². The van der Waals surface area contributed by atoms with Gasteiger partial charge in [-0.2, -0.15) is 5.10 Å². The smallest absolute Gasteiger partial charge is 0.257 e. The van der Waals surface area contributed by atoms with Gasteiger partial charge < -0.3 is 10.2 Å². The van der Waals surface area contributed by atoms with Crippen molar-refractivity contribution >= 4 is 5.91 Å². The topological polar surface area (TPSA) is 61.0 Å². The molecule has 4 rings (SSSR count). The van der Waals surface area contributed by atoms with Crippen LogP contribution in [-0.2, 0) is 0 Å². The Morgan fingerprint density at radius 1 is 1.08 bits per heavy atom. The van der Waals surface area contributed by atoms with Crippen LogP contribution in [0.3, 0.4) is 0 Å². The minimum atomic E-state index is 0.135. The van der Waals surface area contributed by atoms with Crippen molar-refractivity contribution in [3.63, 3.8) is 0 Å². The van der Waals surface area contributed by atoms with E-state index in [1.54, 1.807) is 6.20 Å². The summed E-state index contributed by atoms with van der Waals surface area (Å²) in [5.41, 5.74) is 3.14. The minimum absolute atomic E-state index is 0.135. The molecule has 126 valence electrons. The summed E-state index contributed by atoms with van der Waals surface area (Å²) in [6.45, 7) is 3.66. The maximum Gasteiger partial charge on any atom is 0.257 e. The van der Waals surface area contributed by atoms with Crippen molar-refractivity contribution in [2.24, 2.45) is 0 Å². The van der Waals surface area contributed by atoms with Crippen molar-refractivity contribution in [1.82, 2.24) is 20.4 Å². The summed E-state index contributed by atoms with van der Waals surface area (Å²) in [5.74, 6) is 1.00. The third-order valence-corrected chi connectivity index (χ3v) is 5.39. The standard InChI is InChI=1S/C19H24N4O/c24-19(17-12-21-22-18(17)15-6-9-20-10-7-15)23-11-8-16(13-23)14-4-2-1-3-5-14/h1-5,12,15-16,20H,6-11,13H2,(H,21,22)/t16-/m0/s1. The molecule has 0 aliphatic carbocycles. The van der Waals surface area contributed by atoms with E-state index in [0.29, 0.717) is 11.8 Å². The second-order valence-electron chi connectivity index (χ2n) is 6.87. The average Bonchev–Trinajstić information content (AvgIpc) is 3.32. The van der Waals surface area contributed by atoms with Crippen molar-refractivity contribution in [3.8, 4) is 0 Å². The lowest BCUT2D eigenvalue weighted by Gasteiger charge is -2.23. The number of likely N-dealkylation sites (tertiary alicyclic amines) is 1. The highest BCUT2D eigenvalue weighted by molar-refractivity contribution is 5.95. The molecular weight excluding hydrogens is 300 g/mol. The van der Waals surface area contributed by atoms with Gasteiger partial charge in [0.05, 0.1) is 17.5 Å². The number of piperidine rings is 1. The van der Waals surface area contributed by atoms with Gasteiger partial charge in [0.1, 0.15) is 0 Å². The molecule has 3 heterocycles. The first-order valence-corrected chi connectivity index (χ1v) is 8.91. The van der Waals surface area contributed by atoms with E-state index in [2.05, 4.69) is 39.8 Å². The summed E-state index contributed by atoms with van der Waals surface area (Å²) in [6, 6.07) is 10.5. The molecule has 0 bridgehead atoms. The number of hydrogen-bond donors (Lipinski definition) is 2. The Kier molecular flexibility index (Phi) is 4.34. The normalized spacial score (nSPS) is 22.0. The molecule has 2 aromatic rings. The Morgan fingerprint density at radius 3 is 2.67 bits per heavy atom. The van der Waals surface area contributed by atoms with Gasteiger partial charge in [-0.25, -0.2) is 0 Å². The van der Waals surface area contributed by atoms with Gasteiger partial charge in [0.25, 0.3) is 5.91 Å². The molecule has 0 radical (unpaired) electrons. The van der Waals surface area contributed by atoms with Gasteiger partial charge in [0.2, 0.25) is 0 Å². The van der Waals surface area contributed by atoms with Crippen LogP contribution >= 0.6 is 0 Å². The molecule has 0 unspecified atom stereocenters. The van der Waals surface area contributed by atoms with E-state index >= 15 is 0 Å². The molecule has 5 heteroatoms. The minimum Gasteiger partial charge on any atom is -0.338 e. The van der Waals surface area contributed by atoms with Crippen LogP contribution in [0.1, 0.15) is 52.7 Å². The quantitative estimate of drug-likeness (QED) is 0.912. The van der Waals surface area contributed by atoms with E-state index in [4.69, 9.17) is 0 Å². The Labute approximate surface area is 142 Å². The van der Waals surface area contributed by atoms with Crippen molar-refractivity contribution in [2.45, 2.75) is 31.1 Å². The molecule has 2 fully saturated rings. The van der Waals surface area contributed by atoms with Gasteiger partial charge in [0, 0.05) is 24.9 Å². The lowest BCUT2D eigenvalue weighted by atomic mass is 9.92. The number of amides is 1. The summed E-state index contributed by atoms with van der Waals surface area (Å²) >= 11 is 0. The molecule has 1 atom stereocenters. The summed E-state index contributed by atoms with van der Waals surface area (Å²) in [7, 11) is 0. The van der Waals surface area contributed by atoms with Crippen LogP contribution in [-0.4, -0.2) is 47.2 Å². The average molecular weight is 324 g/mol. The summed E-state index contributed by atoms with van der Waals surface area (Å²) < 4.78 is 0. The van der Waals surface area contributed by atoms with E-state index in [-0.39, 0.29) is 5.91 Å². The molecule has 2 aliphatic rings. The molecule has 1 aromatic heterocycles. The lowest BCUT2D eigenvalue weighted by molar-refractivity contribution is 0.0789. The van der Waals surface area contributed by atoms with Crippen LogP contribution < -0.4 is 5.32 Å². The zero-order valence-electron chi connectivity index (χ0n) is 13.9. The molecule has 1 aromatic carbocycles. The fraction of sp³-hybridized carbons (Fsp3) is 0.474. The number of benzene rings is 1. The van der Waals surface area contributed by atoms with Crippen molar-refractivity contribution in [3.05, 3.63) is 53.3 Å². The third kappa shape index (κ3) is 2.96. The first-order chi connectivity index (χ1) is 11.8. The van der Waals surface area contributed by atoms with Crippen LogP contribution in [0, 0.1) is 0 Å². The zero-order valence-corrected chi connectivity index (χ0v) is 13.9. The largest absolute Gasteiger partial charge is 0.338 e. The van der Waals surface area contributed by atoms with Crippen molar-refractivity contribution in [2.75, 3.05) is 26.2 Å². The number of hydrogen-bond acceptors (Lipinski definition) is 3. The van der Waals surface area contributed by atoms with Crippen molar-refractivity contribution in [1.29, 1.82) is 0 Å². The van der Waals surface area contributed by atoms with Gasteiger partial charge in [0.15, 0.2) is 0 Å². The first kappa shape index (κ1) is 15.4. The fourth-order valence-corrected chi connectivity index (χ4v) is 4.00. The second kappa shape index (κ2) is 6.77. The second-order valence-corrected chi connectivity index (χ2v) is 6.87. The molecule has 2 aliphatic heterocycles. The number of carbonyl (C=O) groups excluding carboxylic acids is 1. The summed E-state index contributed by atoms with van der Waals surface area (Å²) in [5, 5.41) is 10.6. The highest BCUT2D eigenvalue weighted by Crippen LogP contribution is 2.31. The summed E-state index contributed by atoms with van der Waals surface area (Å²) in [6.07, 6.45) is 4.88. The maximum atomic E-state index is 13.0. The predicted octanol–water partition coefficient (Wildman–Crippen LogP) is 2.51.